The zero-order valence-electron chi connectivity index (χ0n) is 12.5. The zero-order chi connectivity index (χ0) is 14.8. The second-order valence-electron chi connectivity index (χ2n) is 5.52. The van der Waals surface area contributed by atoms with Gasteiger partial charge in [-0.2, -0.15) is 5.10 Å². The third-order valence-corrected chi connectivity index (χ3v) is 5.00. The lowest BCUT2D eigenvalue weighted by molar-refractivity contribution is 0.0588. The van der Waals surface area contributed by atoms with Gasteiger partial charge in [0.05, 0.1) is 23.3 Å². The van der Waals surface area contributed by atoms with Crippen molar-refractivity contribution in [2.24, 2.45) is 0 Å². The number of aromatic nitrogens is 3. The van der Waals surface area contributed by atoms with Gasteiger partial charge in [-0.1, -0.05) is 0 Å². The van der Waals surface area contributed by atoms with Gasteiger partial charge in [0, 0.05) is 18.9 Å². The van der Waals surface area contributed by atoms with Crippen molar-refractivity contribution in [3.8, 4) is 0 Å². The van der Waals surface area contributed by atoms with Crippen LogP contribution in [0, 0.1) is 13.8 Å². The molecule has 0 saturated carbocycles. The van der Waals surface area contributed by atoms with Crippen molar-refractivity contribution in [1.82, 2.24) is 19.7 Å². The van der Waals surface area contributed by atoms with Gasteiger partial charge < -0.3 is 4.90 Å². The monoisotopic (exact) mass is 304 g/mol. The molecule has 0 unspecified atom stereocenters. The van der Waals surface area contributed by atoms with E-state index in [9.17, 15) is 4.79 Å². The lowest BCUT2D eigenvalue weighted by Crippen LogP contribution is -2.45. The minimum atomic E-state index is 0.134. The summed E-state index contributed by atoms with van der Waals surface area (Å²) in [6, 6.07) is 2.15. The molecule has 1 aliphatic rings. The molecule has 3 heterocycles. The van der Waals surface area contributed by atoms with E-state index < -0.39 is 0 Å². The SMILES string of the molecule is Cc1nc(C)c(C(=O)N2CCCC[C@@H]2Cn2cccn2)s1. The lowest BCUT2D eigenvalue weighted by Gasteiger charge is -2.35. The summed E-state index contributed by atoms with van der Waals surface area (Å²) in [6.45, 7) is 5.48. The van der Waals surface area contributed by atoms with Crippen LogP contribution in [0.25, 0.3) is 0 Å². The maximum absolute atomic E-state index is 12.8. The largest absolute Gasteiger partial charge is 0.333 e. The first kappa shape index (κ1) is 14.3. The Hall–Kier alpha value is -1.69. The molecule has 1 aliphatic heterocycles. The van der Waals surface area contributed by atoms with E-state index >= 15 is 0 Å². The molecule has 0 bridgehead atoms. The standard InChI is InChI=1S/C15H20N4OS/c1-11-14(21-12(2)17-11)15(20)19-9-4-3-6-13(19)10-18-8-5-7-16-18/h5,7-8,13H,3-4,6,9-10H2,1-2H3/t13-/m1/s1. The summed E-state index contributed by atoms with van der Waals surface area (Å²) in [7, 11) is 0. The quantitative estimate of drug-likeness (QED) is 0.876. The number of amides is 1. The fourth-order valence-electron chi connectivity index (χ4n) is 2.94. The van der Waals surface area contributed by atoms with Crippen LogP contribution in [0.15, 0.2) is 18.5 Å². The Kier molecular flexibility index (Phi) is 4.05. The van der Waals surface area contributed by atoms with E-state index in [0.717, 1.165) is 41.5 Å². The number of likely N-dealkylation sites (tertiary alicyclic amines) is 1. The van der Waals surface area contributed by atoms with Gasteiger partial charge in [0.1, 0.15) is 4.88 Å². The molecule has 0 aliphatic carbocycles. The predicted octanol–water partition coefficient (Wildman–Crippen LogP) is 2.65. The Labute approximate surface area is 128 Å². The third-order valence-electron chi connectivity index (χ3n) is 3.94. The second-order valence-corrected chi connectivity index (χ2v) is 6.73. The number of carbonyl (C=O) groups excluding carboxylic acids is 1. The summed E-state index contributed by atoms with van der Waals surface area (Å²) in [5, 5.41) is 5.22. The van der Waals surface area contributed by atoms with Crippen LogP contribution in [0.4, 0.5) is 0 Å². The maximum Gasteiger partial charge on any atom is 0.266 e. The first-order chi connectivity index (χ1) is 10.1. The first-order valence-corrected chi connectivity index (χ1v) is 8.19. The van der Waals surface area contributed by atoms with Gasteiger partial charge in [0.2, 0.25) is 0 Å². The van der Waals surface area contributed by atoms with Gasteiger partial charge in [0.15, 0.2) is 0 Å². The van der Waals surface area contributed by atoms with Gasteiger partial charge in [-0.05, 0) is 39.2 Å². The molecule has 21 heavy (non-hydrogen) atoms. The highest BCUT2D eigenvalue weighted by Gasteiger charge is 2.29. The third kappa shape index (κ3) is 3.00. The van der Waals surface area contributed by atoms with E-state index in [2.05, 4.69) is 10.1 Å². The summed E-state index contributed by atoms with van der Waals surface area (Å²) in [5.41, 5.74) is 0.853. The van der Waals surface area contributed by atoms with Crippen LogP contribution in [-0.4, -0.2) is 38.2 Å². The Morgan fingerprint density at radius 3 is 2.95 bits per heavy atom. The Morgan fingerprint density at radius 2 is 2.29 bits per heavy atom. The maximum atomic E-state index is 12.8. The fourth-order valence-corrected chi connectivity index (χ4v) is 3.82. The van der Waals surface area contributed by atoms with Crippen LogP contribution in [0.2, 0.25) is 0 Å². The second kappa shape index (κ2) is 5.97. The molecular formula is C15H20N4OS. The van der Waals surface area contributed by atoms with E-state index in [-0.39, 0.29) is 11.9 Å². The van der Waals surface area contributed by atoms with Crippen molar-refractivity contribution in [2.75, 3.05) is 6.54 Å². The van der Waals surface area contributed by atoms with Crippen molar-refractivity contribution in [2.45, 2.75) is 45.7 Å². The number of thiazole rings is 1. The molecule has 3 rings (SSSR count). The molecule has 1 atom stereocenters. The van der Waals surface area contributed by atoms with E-state index in [0.29, 0.717) is 0 Å². The molecule has 5 nitrogen and oxygen atoms in total. The predicted molar refractivity (Wildman–Crippen MR) is 82.5 cm³/mol. The van der Waals surface area contributed by atoms with Crippen LogP contribution in [0.3, 0.4) is 0 Å². The van der Waals surface area contributed by atoms with Gasteiger partial charge in [-0.3, -0.25) is 9.48 Å². The highest BCUT2D eigenvalue weighted by molar-refractivity contribution is 7.13. The lowest BCUT2D eigenvalue weighted by atomic mass is 10.0. The summed E-state index contributed by atoms with van der Waals surface area (Å²) >= 11 is 1.50. The fraction of sp³-hybridized carbons (Fsp3) is 0.533. The molecule has 6 heteroatoms. The molecule has 0 N–H and O–H groups in total. The zero-order valence-corrected chi connectivity index (χ0v) is 13.3. The Balaban J connectivity index is 1.80. The molecule has 0 aromatic carbocycles. The number of hydrogen-bond acceptors (Lipinski definition) is 4. The number of hydrogen-bond donors (Lipinski definition) is 0. The molecule has 1 amide bonds. The summed E-state index contributed by atoms with van der Waals surface area (Å²) < 4.78 is 1.92. The first-order valence-electron chi connectivity index (χ1n) is 7.37. The van der Waals surface area contributed by atoms with Crippen molar-refractivity contribution < 1.29 is 4.79 Å². The van der Waals surface area contributed by atoms with Crippen LogP contribution in [0.1, 0.15) is 39.6 Å². The van der Waals surface area contributed by atoms with Crippen LogP contribution in [0.5, 0.6) is 0 Å². The van der Waals surface area contributed by atoms with Gasteiger partial charge in [-0.25, -0.2) is 4.98 Å². The molecule has 112 valence electrons. The van der Waals surface area contributed by atoms with Crippen molar-refractivity contribution in [1.29, 1.82) is 0 Å². The van der Waals surface area contributed by atoms with Gasteiger partial charge in [-0.15, -0.1) is 11.3 Å². The molecule has 2 aromatic rings. The average Bonchev–Trinajstić information content (AvgIpc) is 3.08. The van der Waals surface area contributed by atoms with E-state index in [4.69, 9.17) is 0 Å². The van der Waals surface area contributed by atoms with Crippen LogP contribution < -0.4 is 0 Å². The highest BCUT2D eigenvalue weighted by Crippen LogP contribution is 2.25. The average molecular weight is 304 g/mol. The molecular weight excluding hydrogens is 284 g/mol. The summed E-state index contributed by atoms with van der Waals surface area (Å²) in [5.74, 6) is 0.134. The Morgan fingerprint density at radius 1 is 1.43 bits per heavy atom. The molecule has 1 saturated heterocycles. The van der Waals surface area contributed by atoms with Crippen molar-refractivity contribution in [3.63, 3.8) is 0 Å². The van der Waals surface area contributed by atoms with Crippen LogP contribution >= 0.6 is 11.3 Å². The summed E-state index contributed by atoms with van der Waals surface area (Å²) in [4.78, 5) is 20.0. The number of piperidine rings is 1. The minimum absolute atomic E-state index is 0.134. The molecule has 0 radical (unpaired) electrons. The number of rotatable bonds is 3. The van der Waals surface area contributed by atoms with E-state index in [1.54, 1.807) is 6.20 Å². The van der Waals surface area contributed by atoms with E-state index in [1.807, 2.05) is 35.7 Å². The Bertz CT molecular complexity index is 620. The smallest absolute Gasteiger partial charge is 0.266 e. The number of carbonyl (C=O) groups is 1. The highest BCUT2D eigenvalue weighted by atomic mass is 32.1. The molecule has 2 aromatic heterocycles. The van der Waals surface area contributed by atoms with Gasteiger partial charge in [0.25, 0.3) is 5.91 Å². The normalized spacial score (nSPS) is 19.0. The molecule has 0 spiro atoms. The number of nitrogens with zero attached hydrogens (tertiary/aromatic N) is 4. The topological polar surface area (TPSA) is 51.0 Å². The van der Waals surface area contributed by atoms with Gasteiger partial charge >= 0.3 is 0 Å². The number of aryl methyl sites for hydroxylation is 2. The van der Waals surface area contributed by atoms with Crippen molar-refractivity contribution in [3.05, 3.63) is 34.0 Å². The summed E-state index contributed by atoms with van der Waals surface area (Å²) in [6.07, 6.45) is 7.04. The molecule has 1 fully saturated rings. The minimum Gasteiger partial charge on any atom is -0.333 e. The van der Waals surface area contributed by atoms with Crippen LogP contribution in [-0.2, 0) is 6.54 Å². The van der Waals surface area contributed by atoms with Crippen molar-refractivity contribution >= 4 is 17.2 Å². The van der Waals surface area contributed by atoms with E-state index in [1.165, 1.54) is 17.8 Å².